The summed E-state index contributed by atoms with van der Waals surface area (Å²) in [5, 5.41) is 82.8. The molecule has 11 heterocycles. The van der Waals surface area contributed by atoms with Gasteiger partial charge in [-0.05, 0) is 173 Å². The monoisotopic (exact) mass is 1720 g/mol. The summed E-state index contributed by atoms with van der Waals surface area (Å²) in [5.41, 5.74) is 11.7. The van der Waals surface area contributed by atoms with Crippen LogP contribution in [0.1, 0.15) is 181 Å². The van der Waals surface area contributed by atoms with Crippen LogP contribution in [0.2, 0.25) is 15.1 Å². The topological polar surface area (TPSA) is 485 Å². The SMILES string of the molecule is CCOC(=O)CCc1cc(C2CC2)cn2cc(Cn3cc(C(=O)NCc4c(-n5cnnn5)ccc(Cl)c4F)nn3)nc12.N#CNc1ccc(Cl)c(F)c1CNC(=O)c1cn(Cc2cn3cc(C4CC4)cc(CCC(=O)O)c3n2)nn1.O=C(O)CCc1cc(C2CC2)cn2cc(Cn3cc(C(=O)NCc4c(-n5cnnn5)ccc(Cl)c4F)nn3)nc12.[Li+].[OH-]. The third-order valence-electron chi connectivity index (χ3n) is 19.8. The Bertz CT molecular complexity index is 6280. The van der Waals surface area contributed by atoms with E-state index in [1.807, 2.05) is 50.3 Å². The van der Waals surface area contributed by atoms with Gasteiger partial charge in [0.2, 0.25) is 0 Å². The Labute approximate surface area is 715 Å². The van der Waals surface area contributed by atoms with Gasteiger partial charge in [-0.1, -0.05) is 68.6 Å². The molecule has 7 N–H and O–H groups in total. The molecule has 14 aromatic rings. The molecular weight excluding hydrogens is 1650 g/mol. The van der Waals surface area contributed by atoms with Crippen LogP contribution in [0.5, 0.6) is 0 Å². The number of tetrazole rings is 2. The number of fused-ring (bicyclic) bond motifs is 3. The minimum Gasteiger partial charge on any atom is -0.870 e. The number of carbonyl (C=O) groups is 6. The van der Waals surface area contributed by atoms with Gasteiger partial charge in [-0.2, -0.15) is 5.26 Å². The number of aryl methyl sites for hydroxylation is 3. The summed E-state index contributed by atoms with van der Waals surface area (Å²) in [6.07, 6.45) is 28.9. The van der Waals surface area contributed by atoms with Crippen LogP contribution in [0.15, 0.2) is 123 Å². The number of benzene rings is 3. The van der Waals surface area contributed by atoms with Crippen LogP contribution in [0.25, 0.3) is 28.3 Å². The average molecular weight is 1720 g/mol. The van der Waals surface area contributed by atoms with Crippen molar-refractivity contribution in [3.8, 4) is 17.6 Å². The molecule has 38 nitrogen and oxygen atoms in total. The number of nitrogens with one attached hydrogen (secondary N) is 4. The van der Waals surface area contributed by atoms with Gasteiger partial charge in [0.05, 0.1) is 94.0 Å². The number of carboxylic acids is 2. The molecule has 0 unspecified atom stereocenters. The van der Waals surface area contributed by atoms with E-state index in [-0.39, 0.29) is 143 Å². The summed E-state index contributed by atoms with van der Waals surface area (Å²) < 4.78 is 62.0. The molecule has 0 aliphatic heterocycles. The first-order valence-electron chi connectivity index (χ1n) is 37.7. The van der Waals surface area contributed by atoms with Crippen molar-refractivity contribution < 1.29 is 81.2 Å². The van der Waals surface area contributed by atoms with E-state index in [4.69, 9.17) is 65.0 Å². The summed E-state index contributed by atoms with van der Waals surface area (Å²) in [4.78, 5) is 86.7. The molecule has 3 aliphatic carbocycles. The molecule has 122 heavy (non-hydrogen) atoms. The summed E-state index contributed by atoms with van der Waals surface area (Å²) in [6.45, 7) is 2.28. The number of rotatable bonds is 31. The summed E-state index contributed by atoms with van der Waals surface area (Å²) in [7, 11) is 0. The predicted molar refractivity (Wildman–Crippen MR) is 420 cm³/mol. The van der Waals surface area contributed by atoms with Crippen LogP contribution < -0.4 is 40.1 Å². The third-order valence-corrected chi connectivity index (χ3v) is 20.7. The maximum Gasteiger partial charge on any atom is 1.00 e. The zero-order valence-corrected chi connectivity index (χ0v) is 67.2. The van der Waals surface area contributed by atoms with Gasteiger partial charge in [0.25, 0.3) is 17.7 Å². The molecule has 3 saturated carbocycles. The number of hydrogen-bond donors (Lipinski definition) is 6. The molecule has 0 bridgehead atoms. The molecule has 3 aliphatic rings. The van der Waals surface area contributed by atoms with Crippen molar-refractivity contribution in [2.75, 3.05) is 11.9 Å². The fourth-order valence-corrected chi connectivity index (χ4v) is 14.0. The summed E-state index contributed by atoms with van der Waals surface area (Å²) in [6, 6.07) is 14.9. The van der Waals surface area contributed by atoms with Gasteiger partial charge in [-0.15, -0.1) is 25.5 Å². The summed E-state index contributed by atoms with van der Waals surface area (Å²) >= 11 is 17.8. The van der Waals surface area contributed by atoms with Gasteiger partial charge in [-0.3, -0.25) is 34.1 Å². The molecule has 11 aromatic heterocycles. The third kappa shape index (κ3) is 20.7. The van der Waals surface area contributed by atoms with Crippen LogP contribution in [0.4, 0.5) is 18.9 Å². The molecule has 3 amide bonds. The van der Waals surface area contributed by atoms with E-state index in [0.29, 0.717) is 83.4 Å². The smallest absolute Gasteiger partial charge is 0.870 e. The standard InChI is InChI=1S/C27H26ClFN10O3.C25H22ClFN10O3.C25H22ClFN8O3.Li.H2O/c1-2-42-24(40)8-5-17-9-18(16-3-4-16)11-37-12-19(32-26(17)37)13-38-14-22(33-35-38)27(41)30-10-20-23(39-15-31-34-36-39)7-6-21(28)25(20)29;26-19-4-5-21(37-13-29-32-34-37)18(23(19)27)8-28-25(40)20-12-36(33-31-20)11-17-10-35-9-16(14-1-2-14)7-15(24(35)30-17)3-6-22(38)39;26-19-4-5-20(30-13-28)18(23(19)27)8-29-25(38)21-12-35(33-32-21)11-17-10-34-9-16(14-1-2-14)7-15(24(34)31-17)3-6-22(36)37;;/h6-7,9,11-12,14-16H,2-5,8,10,13H2,1H3,(H,30,41);4-5,7,9-10,12-14H,1-3,6,8,11H2,(H,28,40)(H,38,39);4-5,7,9-10,12,14,30H,1-3,6,8,11H2,(H,29,38)(H,36,37);;1H2/q;;;+1;/p-1. The van der Waals surface area contributed by atoms with Crippen molar-refractivity contribution in [3.05, 3.63) is 240 Å². The normalized spacial score (nSPS) is 12.8. The van der Waals surface area contributed by atoms with Gasteiger partial charge in [0.15, 0.2) is 23.3 Å². The number of anilines is 1. The first kappa shape index (κ1) is 86.5. The van der Waals surface area contributed by atoms with Crippen molar-refractivity contribution in [2.45, 2.75) is 141 Å². The van der Waals surface area contributed by atoms with Crippen LogP contribution in [0.3, 0.4) is 0 Å². The van der Waals surface area contributed by atoms with E-state index in [0.717, 1.165) is 60.9 Å². The molecule has 0 spiro atoms. The van der Waals surface area contributed by atoms with Crippen LogP contribution in [0, 0.1) is 28.9 Å². The molecule has 0 saturated heterocycles. The van der Waals surface area contributed by atoms with Crippen molar-refractivity contribution in [1.29, 1.82) is 5.26 Å². The number of ether oxygens (including phenoxy) is 1. The zero-order valence-electron chi connectivity index (χ0n) is 64.9. The number of aromatic nitrogens is 23. The molecule has 0 radical (unpaired) electrons. The number of imidazole rings is 3. The van der Waals surface area contributed by atoms with Gasteiger partial charge in [0.1, 0.15) is 47.0 Å². The minimum absolute atomic E-state index is 0. The molecule has 0 atom stereocenters. The Morgan fingerprint density at radius 1 is 0.500 bits per heavy atom. The molecule has 45 heteroatoms. The molecule has 17 rings (SSSR count). The van der Waals surface area contributed by atoms with Crippen molar-refractivity contribution in [1.82, 2.24) is 130 Å². The molecular formula is C77H71Cl3F3LiN28O10. The second-order valence-electron chi connectivity index (χ2n) is 28.5. The number of hydrogen-bond acceptors (Lipinski definition) is 25. The van der Waals surface area contributed by atoms with Crippen molar-refractivity contribution in [3.63, 3.8) is 0 Å². The second kappa shape index (κ2) is 38.3. The van der Waals surface area contributed by atoms with Gasteiger partial charge in [0, 0.05) is 92.8 Å². The second-order valence-corrected chi connectivity index (χ2v) is 29.7. The number of halogens is 6. The fourth-order valence-electron chi connectivity index (χ4n) is 13.5. The van der Waals surface area contributed by atoms with Crippen LogP contribution >= 0.6 is 34.8 Å². The first-order valence-corrected chi connectivity index (χ1v) is 38.9. The number of esters is 1. The van der Waals surface area contributed by atoms with Crippen LogP contribution in [-0.4, -0.2) is 171 Å². The maximum atomic E-state index is 14.8. The number of nitriles is 1. The summed E-state index contributed by atoms with van der Waals surface area (Å²) in [5.74, 6) is -4.26. The van der Waals surface area contributed by atoms with Gasteiger partial charge in [-0.25, -0.2) is 51.5 Å². The number of amides is 3. The Morgan fingerprint density at radius 3 is 1.19 bits per heavy atom. The number of pyridine rings is 3. The van der Waals surface area contributed by atoms with Gasteiger partial charge < -0.3 is 49.6 Å². The van der Waals surface area contributed by atoms with Gasteiger partial charge >= 0.3 is 36.8 Å². The van der Waals surface area contributed by atoms with Crippen molar-refractivity contribution >= 4 is 93.1 Å². The van der Waals surface area contributed by atoms with E-state index >= 15 is 0 Å². The Balaban J connectivity index is 0.000000157. The Kier molecular flexibility index (Phi) is 27.2. The number of aliphatic carboxylic acids is 2. The molecule has 3 fully saturated rings. The van der Waals surface area contributed by atoms with E-state index in [2.05, 4.69) is 107 Å². The van der Waals surface area contributed by atoms with E-state index < -0.39 is 47.1 Å². The number of nitrogens with zero attached hydrogens (tertiary/aromatic N) is 24. The minimum atomic E-state index is -0.865. The fraction of sp³-hybridized carbons (Fsp3) is 0.299. The molecule has 622 valence electrons. The quantitative estimate of drug-likeness (QED) is 0.0127. The number of carbonyl (C=O) groups excluding carboxylic acids is 4. The van der Waals surface area contributed by atoms with E-state index in [1.54, 1.807) is 25.2 Å². The Hall–Kier alpha value is -13.4. The number of carboxylic acid groups (broad SMARTS) is 2. The predicted octanol–water partition coefficient (Wildman–Crippen LogP) is 5.92. The zero-order chi connectivity index (χ0) is 83.8. The maximum absolute atomic E-state index is 14.8. The van der Waals surface area contributed by atoms with Crippen LogP contribution in [-0.2, 0) is 77.7 Å². The van der Waals surface area contributed by atoms with E-state index in [1.165, 1.54) is 95.6 Å². The van der Waals surface area contributed by atoms with E-state index in [9.17, 15) is 41.9 Å². The molecule has 3 aromatic carbocycles. The largest absolute Gasteiger partial charge is 1.00 e. The Morgan fingerprint density at radius 2 is 0.852 bits per heavy atom. The van der Waals surface area contributed by atoms with Crippen molar-refractivity contribution in [2.24, 2.45) is 0 Å². The first-order chi connectivity index (χ1) is 58.1. The average Bonchev–Trinajstić information content (AvgIpc) is 1.66.